The molecule has 2 atom stereocenters. The molecular formula is C14H24N2O. The predicted molar refractivity (Wildman–Crippen MR) is 68.1 cm³/mol. The van der Waals surface area contributed by atoms with Crippen LogP contribution < -0.4 is 5.32 Å². The summed E-state index contributed by atoms with van der Waals surface area (Å²) in [5, 5.41) is 12.1. The fourth-order valence-electron chi connectivity index (χ4n) is 2.70. The van der Waals surface area contributed by atoms with Gasteiger partial charge in [-0.1, -0.05) is 27.2 Å². The summed E-state index contributed by atoms with van der Waals surface area (Å²) in [6, 6.07) is 2.19. The first-order chi connectivity index (χ1) is 8.07. The second-order valence-electron chi connectivity index (χ2n) is 5.40. The van der Waals surface area contributed by atoms with Crippen LogP contribution in [0.2, 0.25) is 0 Å². The van der Waals surface area contributed by atoms with Crippen molar-refractivity contribution < 1.29 is 4.79 Å². The third-order valence-corrected chi connectivity index (χ3v) is 4.21. The highest BCUT2D eigenvalue weighted by molar-refractivity contribution is 5.85. The standard InChI is InChI=1S/C14H24N2O/c1-4-14(5-2,10-15)13(17)16-9-12-7-6-11(3)8-12/h11-12H,4-9H2,1-3H3,(H,16,17). The highest BCUT2D eigenvalue weighted by Gasteiger charge is 2.35. The van der Waals surface area contributed by atoms with Gasteiger partial charge in [0, 0.05) is 6.54 Å². The summed E-state index contributed by atoms with van der Waals surface area (Å²) in [5.74, 6) is 1.32. The van der Waals surface area contributed by atoms with E-state index in [4.69, 9.17) is 0 Å². The van der Waals surface area contributed by atoms with Gasteiger partial charge in [-0.15, -0.1) is 0 Å². The van der Waals surface area contributed by atoms with Crippen LogP contribution in [0.25, 0.3) is 0 Å². The number of nitrogens with zero attached hydrogens (tertiary/aromatic N) is 1. The quantitative estimate of drug-likeness (QED) is 0.798. The number of carbonyl (C=O) groups excluding carboxylic acids is 1. The molecule has 1 fully saturated rings. The minimum absolute atomic E-state index is 0.0791. The second-order valence-corrected chi connectivity index (χ2v) is 5.40. The first kappa shape index (κ1) is 14.0. The maximum atomic E-state index is 12.1. The Bertz CT molecular complexity index is 302. The van der Waals surface area contributed by atoms with Gasteiger partial charge >= 0.3 is 0 Å². The lowest BCUT2D eigenvalue weighted by molar-refractivity contribution is -0.128. The lowest BCUT2D eigenvalue weighted by Gasteiger charge is -2.23. The van der Waals surface area contributed by atoms with E-state index in [0.29, 0.717) is 18.8 Å². The minimum atomic E-state index is -0.815. The molecule has 17 heavy (non-hydrogen) atoms. The van der Waals surface area contributed by atoms with Crippen LogP contribution in [0, 0.1) is 28.6 Å². The topological polar surface area (TPSA) is 52.9 Å². The number of nitriles is 1. The maximum Gasteiger partial charge on any atom is 0.240 e. The van der Waals surface area contributed by atoms with Crippen molar-refractivity contribution in [3.63, 3.8) is 0 Å². The molecule has 2 unspecified atom stereocenters. The molecule has 0 heterocycles. The number of hydrogen-bond donors (Lipinski definition) is 1. The first-order valence-electron chi connectivity index (χ1n) is 6.77. The Morgan fingerprint density at radius 2 is 2.06 bits per heavy atom. The summed E-state index contributed by atoms with van der Waals surface area (Å²) in [5.41, 5.74) is -0.815. The van der Waals surface area contributed by atoms with Crippen LogP contribution in [0.4, 0.5) is 0 Å². The summed E-state index contributed by atoms with van der Waals surface area (Å²) in [7, 11) is 0. The summed E-state index contributed by atoms with van der Waals surface area (Å²) in [6.07, 6.45) is 4.86. The fourth-order valence-corrected chi connectivity index (χ4v) is 2.70. The number of nitrogens with one attached hydrogen (secondary N) is 1. The van der Waals surface area contributed by atoms with E-state index in [9.17, 15) is 10.1 Å². The molecule has 1 aliphatic rings. The molecule has 1 amide bonds. The van der Waals surface area contributed by atoms with Crippen molar-refractivity contribution in [2.75, 3.05) is 6.54 Å². The van der Waals surface area contributed by atoms with Gasteiger partial charge in [0.15, 0.2) is 0 Å². The van der Waals surface area contributed by atoms with Gasteiger partial charge in [0.1, 0.15) is 5.41 Å². The molecule has 0 saturated heterocycles. The molecule has 0 aromatic heterocycles. The Morgan fingerprint density at radius 3 is 2.47 bits per heavy atom. The van der Waals surface area contributed by atoms with Gasteiger partial charge in [-0.3, -0.25) is 4.79 Å². The Balaban J connectivity index is 2.46. The van der Waals surface area contributed by atoms with E-state index in [-0.39, 0.29) is 5.91 Å². The molecule has 1 aliphatic carbocycles. The maximum absolute atomic E-state index is 12.1. The number of carbonyl (C=O) groups is 1. The van der Waals surface area contributed by atoms with Crippen LogP contribution >= 0.6 is 0 Å². The molecule has 0 radical (unpaired) electrons. The van der Waals surface area contributed by atoms with Crippen LogP contribution in [0.1, 0.15) is 52.9 Å². The largest absolute Gasteiger partial charge is 0.354 e. The summed E-state index contributed by atoms with van der Waals surface area (Å²) in [6.45, 7) is 6.82. The molecule has 1 rings (SSSR count). The van der Waals surface area contributed by atoms with Crippen molar-refractivity contribution in [1.29, 1.82) is 5.26 Å². The van der Waals surface area contributed by atoms with E-state index < -0.39 is 5.41 Å². The van der Waals surface area contributed by atoms with Gasteiger partial charge in [0.25, 0.3) is 0 Å². The molecule has 3 nitrogen and oxygen atoms in total. The van der Waals surface area contributed by atoms with Crippen LogP contribution in [0.3, 0.4) is 0 Å². The zero-order valence-electron chi connectivity index (χ0n) is 11.3. The normalized spacial score (nSPS) is 24.4. The molecule has 1 N–H and O–H groups in total. The van der Waals surface area contributed by atoms with Crippen molar-refractivity contribution in [1.82, 2.24) is 5.32 Å². The second kappa shape index (κ2) is 6.05. The van der Waals surface area contributed by atoms with E-state index >= 15 is 0 Å². The Hall–Kier alpha value is -1.04. The third kappa shape index (κ3) is 3.21. The van der Waals surface area contributed by atoms with Gasteiger partial charge in [-0.05, 0) is 37.5 Å². The van der Waals surface area contributed by atoms with Crippen LogP contribution in [0.15, 0.2) is 0 Å². The number of amides is 1. The van der Waals surface area contributed by atoms with Crippen LogP contribution in [0.5, 0.6) is 0 Å². The zero-order valence-corrected chi connectivity index (χ0v) is 11.3. The minimum Gasteiger partial charge on any atom is -0.354 e. The average molecular weight is 236 g/mol. The van der Waals surface area contributed by atoms with E-state index in [1.165, 1.54) is 19.3 Å². The number of rotatable bonds is 5. The van der Waals surface area contributed by atoms with Crippen molar-refractivity contribution in [3.8, 4) is 6.07 Å². The summed E-state index contributed by atoms with van der Waals surface area (Å²) < 4.78 is 0. The molecule has 3 heteroatoms. The van der Waals surface area contributed by atoms with E-state index in [0.717, 1.165) is 12.5 Å². The molecule has 0 aromatic carbocycles. The first-order valence-corrected chi connectivity index (χ1v) is 6.77. The van der Waals surface area contributed by atoms with Crippen molar-refractivity contribution in [3.05, 3.63) is 0 Å². The predicted octanol–water partition coefficient (Wildman–Crippen LogP) is 2.87. The van der Waals surface area contributed by atoms with Gasteiger partial charge in [-0.25, -0.2) is 0 Å². The average Bonchev–Trinajstić information content (AvgIpc) is 2.75. The monoisotopic (exact) mass is 236 g/mol. The van der Waals surface area contributed by atoms with E-state index in [1.807, 2.05) is 13.8 Å². The molecule has 0 spiro atoms. The van der Waals surface area contributed by atoms with Gasteiger partial charge < -0.3 is 5.32 Å². The van der Waals surface area contributed by atoms with Gasteiger partial charge in [-0.2, -0.15) is 5.26 Å². The summed E-state index contributed by atoms with van der Waals surface area (Å²) >= 11 is 0. The highest BCUT2D eigenvalue weighted by atomic mass is 16.2. The van der Waals surface area contributed by atoms with Crippen LogP contribution in [-0.4, -0.2) is 12.5 Å². The lowest BCUT2D eigenvalue weighted by Crippen LogP contribution is -2.41. The smallest absolute Gasteiger partial charge is 0.240 e. The Labute approximate surface area is 105 Å². The van der Waals surface area contributed by atoms with Crippen molar-refractivity contribution in [2.45, 2.75) is 52.9 Å². The molecule has 0 aliphatic heterocycles. The molecule has 1 saturated carbocycles. The fraction of sp³-hybridized carbons (Fsp3) is 0.857. The van der Waals surface area contributed by atoms with Crippen molar-refractivity contribution in [2.24, 2.45) is 17.3 Å². The molecule has 96 valence electrons. The Kier molecular flexibility index (Phi) is 4.99. The zero-order chi connectivity index (χ0) is 12.9. The van der Waals surface area contributed by atoms with Crippen molar-refractivity contribution >= 4 is 5.91 Å². The molecule has 0 bridgehead atoms. The van der Waals surface area contributed by atoms with Gasteiger partial charge in [0.2, 0.25) is 5.91 Å². The van der Waals surface area contributed by atoms with Gasteiger partial charge in [0.05, 0.1) is 6.07 Å². The number of hydrogen-bond acceptors (Lipinski definition) is 2. The highest BCUT2D eigenvalue weighted by Crippen LogP contribution is 2.30. The molecule has 0 aromatic rings. The lowest BCUT2D eigenvalue weighted by atomic mass is 9.83. The van der Waals surface area contributed by atoms with E-state index in [2.05, 4.69) is 18.3 Å². The SMILES string of the molecule is CCC(C#N)(CC)C(=O)NCC1CCC(C)C1. The van der Waals surface area contributed by atoms with E-state index in [1.54, 1.807) is 0 Å². The summed E-state index contributed by atoms with van der Waals surface area (Å²) in [4.78, 5) is 12.1. The molecular weight excluding hydrogens is 212 g/mol. The third-order valence-electron chi connectivity index (χ3n) is 4.21. The Morgan fingerprint density at radius 1 is 1.41 bits per heavy atom. The van der Waals surface area contributed by atoms with Crippen LogP contribution in [-0.2, 0) is 4.79 Å².